The number of nitrogens with one attached hydrogen (secondary N) is 1. The average molecular weight is 306 g/mol. The molecule has 0 heterocycles. The molecule has 0 aliphatic heterocycles. The van der Waals surface area contributed by atoms with Crippen LogP contribution in [0.4, 0.5) is 0 Å². The summed E-state index contributed by atoms with van der Waals surface area (Å²) in [4.78, 5) is 14.1. The molecule has 0 saturated heterocycles. The molecule has 1 amide bonds. The van der Waals surface area contributed by atoms with Crippen LogP contribution in [-0.2, 0) is 4.79 Å². The summed E-state index contributed by atoms with van der Waals surface area (Å²) in [5.74, 6) is 1.18. The van der Waals surface area contributed by atoms with E-state index in [1.54, 1.807) is 0 Å². The lowest BCUT2D eigenvalue weighted by atomic mass is 9.98. The zero-order valence-corrected chi connectivity index (χ0v) is 14.4. The lowest BCUT2D eigenvalue weighted by Gasteiger charge is -2.18. The molecule has 1 aromatic rings. The van der Waals surface area contributed by atoms with Crippen LogP contribution in [-0.4, -0.2) is 43.6 Å². The number of hydrogen-bond donors (Lipinski definition) is 1. The minimum atomic E-state index is -0.0638. The second-order valence-electron chi connectivity index (χ2n) is 5.51. The predicted octanol–water partition coefficient (Wildman–Crippen LogP) is 3.04. The molecule has 0 bridgehead atoms. The topological polar surface area (TPSA) is 41.6 Å². The molecular weight excluding hydrogens is 276 g/mol. The van der Waals surface area contributed by atoms with Gasteiger partial charge < -0.3 is 15.0 Å². The van der Waals surface area contributed by atoms with E-state index in [9.17, 15) is 4.79 Å². The fourth-order valence-electron chi connectivity index (χ4n) is 2.33. The molecule has 0 aromatic heterocycles. The van der Waals surface area contributed by atoms with E-state index in [-0.39, 0.29) is 12.5 Å². The SMILES string of the molecule is CCC(C)c1ccccc1OCC(=O)NCCN(CC)CC. The number of rotatable bonds is 10. The van der Waals surface area contributed by atoms with Crippen molar-refractivity contribution in [3.05, 3.63) is 29.8 Å². The highest BCUT2D eigenvalue weighted by Crippen LogP contribution is 2.28. The van der Waals surface area contributed by atoms with Crippen molar-refractivity contribution < 1.29 is 9.53 Å². The predicted molar refractivity (Wildman–Crippen MR) is 91.4 cm³/mol. The molecule has 4 nitrogen and oxygen atoms in total. The van der Waals surface area contributed by atoms with Gasteiger partial charge in [-0.3, -0.25) is 4.79 Å². The van der Waals surface area contributed by atoms with Crippen molar-refractivity contribution in [3.63, 3.8) is 0 Å². The van der Waals surface area contributed by atoms with Crippen molar-refractivity contribution >= 4 is 5.91 Å². The van der Waals surface area contributed by atoms with Crippen molar-refractivity contribution in [3.8, 4) is 5.75 Å². The third-order valence-electron chi connectivity index (χ3n) is 4.07. The summed E-state index contributed by atoms with van der Waals surface area (Å²) in [5.41, 5.74) is 1.17. The van der Waals surface area contributed by atoms with Crippen LogP contribution in [0.15, 0.2) is 24.3 Å². The molecule has 0 spiro atoms. The Morgan fingerprint density at radius 3 is 2.55 bits per heavy atom. The van der Waals surface area contributed by atoms with Crippen molar-refractivity contribution in [2.24, 2.45) is 0 Å². The Labute approximate surface area is 134 Å². The number of carbonyl (C=O) groups is 1. The van der Waals surface area contributed by atoms with Crippen LogP contribution >= 0.6 is 0 Å². The van der Waals surface area contributed by atoms with Gasteiger partial charge in [0.25, 0.3) is 5.91 Å². The Morgan fingerprint density at radius 1 is 1.23 bits per heavy atom. The van der Waals surface area contributed by atoms with Crippen LogP contribution in [0.5, 0.6) is 5.75 Å². The van der Waals surface area contributed by atoms with E-state index >= 15 is 0 Å². The molecule has 1 N–H and O–H groups in total. The molecule has 4 heteroatoms. The normalized spacial score (nSPS) is 12.2. The zero-order valence-electron chi connectivity index (χ0n) is 14.4. The van der Waals surface area contributed by atoms with Crippen LogP contribution in [0, 0.1) is 0 Å². The molecule has 1 unspecified atom stereocenters. The molecule has 1 rings (SSSR count). The molecule has 0 saturated carbocycles. The molecule has 0 aliphatic rings. The van der Waals surface area contributed by atoms with E-state index in [0.717, 1.165) is 31.8 Å². The van der Waals surface area contributed by atoms with Gasteiger partial charge in [0.1, 0.15) is 5.75 Å². The van der Waals surface area contributed by atoms with E-state index in [1.807, 2.05) is 18.2 Å². The summed E-state index contributed by atoms with van der Waals surface area (Å²) in [6.45, 7) is 12.2. The summed E-state index contributed by atoms with van der Waals surface area (Å²) in [7, 11) is 0. The molecular formula is C18H30N2O2. The molecule has 0 aliphatic carbocycles. The number of para-hydroxylation sites is 1. The van der Waals surface area contributed by atoms with E-state index in [4.69, 9.17) is 4.74 Å². The monoisotopic (exact) mass is 306 g/mol. The minimum absolute atomic E-state index is 0.0638. The van der Waals surface area contributed by atoms with E-state index in [2.05, 4.69) is 44.0 Å². The van der Waals surface area contributed by atoms with Gasteiger partial charge in [0.2, 0.25) is 0 Å². The summed E-state index contributed by atoms with van der Waals surface area (Å²) >= 11 is 0. The third-order valence-corrected chi connectivity index (χ3v) is 4.07. The highest BCUT2D eigenvalue weighted by atomic mass is 16.5. The number of amides is 1. The van der Waals surface area contributed by atoms with E-state index in [1.165, 1.54) is 5.56 Å². The van der Waals surface area contributed by atoms with Gasteiger partial charge in [-0.2, -0.15) is 0 Å². The lowest BCUT2D eigenvalue weighted by molar-refractivity contribution is -0.123. The summed E-state index contributed by atoms with van der Waals surface area (Å²) < 4.78 is 5.71. The van der Waals surface area contributed by atoms with Gasteiger partial charge in [0.05, 0.1) is 0 Å². The Hall–Kier alpha value is -1.55. The third kappa shape index (κ3) is 6.06. The number of benzene rings is 1. The zero-order chi connectivity index (χ0) is 16.4. The number of carbonyl (C=O) groups excluding carboxylic acids is 1. The van der Waals surface area contributed by atoms with Crippen LogP contribution in [0.1, 0.15) is 45.6 Å². The number of nitrogens with zero attached hydrogens (tertiary/aromatic N) is 1. The first-order chi connectivity index (χ1) is 10.6. The maximum Gasteiger partial charge on any atom is 0.257 e. The quantitative estimate of drug-likeness (QED) is 0.722. The van der Waals surface area contributed by atoms with Gasteiger partial charge >= 0.3 is 0 Å². The van der Waals surface area contributed by atoms with Crippen molar-refractivity contribution in [1.29, 1.82) is 0 Å². The van der Waals surface area contributed by atoms with Gasteiger partial charge in [-0.05, 0) is 37.1 Å². The number of hydrogen-bond acceptors (Lipinski definition) is 3. The van der Waals surface area contributed by atoms with Crippen LogP contribution < -0.4 is 10.1 Å². The minimum Gasteiger partial charge on any atom is -0.483 e. The largest absolute Gasteiger partial charge is 0.483 e. The van der Waals surface area contributed by atoms with Crippen LogP contribution in [0.25, 0.3) is 0 Å². The van der Waals surface area contributed by atoms with Crippen molar-refractivity contribution in [2.45, 2.75) is 40.0 Å². The van der Waals surface area contributed by atoms with Gasteiger partial charge in [-0.1, -0.05) is 45.9 Å². The number of ether oxygens (including phenoxy) is 1. The first-order valence-electron chi connectivity index (χ1n) is 8.33. The fraction of sp³-hybridized carbons (Fsp3) is 0.611. The Morgan fingerprint density at radius 2 is 1.91 bits per heavy atom. The van der Waals surface area contributed by atoms with Gasteiger partial charge in [0.15, 0.2) is 6.61 Å². The standard InChI is InChI=1S/C18H30N2O2/c1-5-15(4)16-10-8-9-11-17(16)22-14-18(21)19-12-13-20(6-2)7-3/h8-11,15H,5-7,12-14H2,1-4H3,(H,19,21). The highest BCUT2D eigenvalue weighted by Gasteiger charge is 2.11. The highest BCUT2D eigenvalue weighted by molar-refractivity contribution is 5.77. The second kappa shape index (κ2) is 10.2. The van der Waals surface area contributed by atoms with E-state index in [0.29, 0.717) is 12.5 Å². The number of likely N-dealkylation sites (N-methyl/N-ethyl adjacent to an activating group) is 1. The first-order valence-corrected chi connectivity index (χ1v) is 8.33. The van der Waals surface area contributed by atoms with Gasteiger partial charge in [0, 0.05) is 13.1 Å². The van der Waals surface area contributed by atoms with Crippen LogP contribution in [0.2, 0.25) is 0 Å². The van der Waals surface area contributed by atoms with Crippen molar-refractivity contribution in [2.75, 3.05) is 32.8 Å². The van der Waals surface area contributed by atoms with E-state index < -0.39 is 0 Å². The maximum atomic E-state index is 11.9. The summed E-state index contributed by atoms with van der Waals surface area (Å²) in [6.07, 6.45) is 1.05. The van der Waals surface area contributed by atoms with Gasteiger partial charge in [-0.15, -0.1) is 0 Å². The van der Waals surface area contributed by atoms with Gasteiger partial charge in [-0.25, -0.2) is 0 Å². The molecule has 22 heavy (non-hydrogen) atoms. The molecule has 1 aromatic carbocycles. The maximum absolute atomic E-state index is 11.9. The van der Waals surface area contributed by atoms with Crippen molar-refractivity contribution in [1.82, 2.24) is 10.2 Å². The summed E-state index contributed by atoms with van der Waals surface area (Å²) in [5, 5.41) is 2.91. The Balaban J connectivity index is 2.41. The molecule has 0 radical (unpaired) electrons. The molecule has 124 valence electrons. The average Bonchev–Trinajstić information content (AvgIpc) is 2.56. The second-order valence-corrected chi connectivity index (χ2v) is 5.51. The fourth-order valence-corrected chi connectivity index (χ4v) is 2.33. The molecule has 1 atom stereocenters. The van der Waals surface area contributed by atoms with Crippen LogP contribution in [0.3, 0.4) is 0 Å². The lowest BCUT2D eigenvalue weighted by Crippen LogP contribution is -2.36. The first kappa shape index (κ1) is 18.5. The smallest absolute Gasteiger partial charge is 0.257 e. The Kier molecular flexibility index (Phi) is 8.60. The summed E-state index contributed by atoms with van der Waals surface area (Å²) in [6, 6.07) is 7.96. The molecule has 0 fully saturated rings. The Bertz CT molecular complexity index is 444.